The van der Waals surface area contributed by atoms with Crippen LogP contribution >= 0.6 is 11.6 Å². The first kappa shape index (κ1) is 16.6. The van der Waals surface area contributed by atoms with Crippen LogP contribution in [-0.4, -0.2) is 32.0 Å². The minimum absolute atomic E-state index is 0.0782. The third-order valence-electron chi connectivity index (χ3n) is 3.61. The molecule has 1 aromatic carbocycles. The molecule has 120 valence electrons. The van der Waals surface area contributed by atoms with Gasteiger partial charge in [-0.05, 0) is 24.1 Å². The van der Waals surface area contributed by atoms with Gasteiger partial charge in [0, 0.05) is 24.5 Å². The Labute approximate surface area is 135 Å². The van der Waals surface area contributed by atoms with Crippen molar-refractivity contribution in [2.75, 3.05) is 25.1 Å². The summed E-state index contributed by atoms with van der Waals surface area (Å²) in [6, 6.07) is 5.11. The lowest BCUT2D eigenvalue weighted by Crippen LogP contribution is -2.35. The molecular formula is C16H21ClN2O3. The summed E-state index contributed by atoms with van der Waals surface area (Å²) in [5, 5.41) is 3.41. The Balaban J connectivity index is 2.13. The normalized spacial score (nSPS) is 18.0. The average molecular weight is 325 g/mol. The first-order chi connectivity index (χ1) is 10.4. The molecule has 1 unspecified atom stereocenters. The van der Waals surface area contributed by atoms with Gasteiger partial charge in [-0.2, -0.15) is 0 Å². The summed E-state index contributed by atoms with van der Waals surface area (Å²) in [5.74, 6) is 0.442. The number of carbonyl (C=O) groups is 2. The molecule has 0 saturated carbocycles. The van der Waals surface area contributed by atoms with E-state index in [2.05, 4.69) is 5.32 Å². The maximum absolute atomic E-state index is 12.3. The van der Waals surface area contributed by atoms with E-state index in [-0.39, 0.29) is 24.2 Å². The quantitative estimate of drug-likeness (QED) is 0.905. The third kappa shape index (κ3) is 3.71. The number of rotatable bonds is 5. The van der Waals surface area contributed by atoms with E-state index >= 15 is 0 Å². The molecule has 0 aliphatic carbocycles. The third-order valence-corrected chi connectivity index (χ3v) is 3.85. The van der Waals surface area contributed by atoms with Crippen LogP contribution in [0.3, 0.4) is 0 Å². The summed E-state index contributed by atoms with van der Waals surface area (Å²) in [6.45, 7) is 5.02. The van der Waals surface area contributed by atoms with Crippen molar-refractivity contribution in [2.24, 2.45) is 11.8 Å². The summed E-state index contributed by atoms with van der Waals surface area (Å²) < 4.78 is 5.28. The number of carbonyl (C=O) groups excluding carboxylic acids is 2. The lowest BCUT2D eigenvalue weighted by atomic mass is 10.1. The molecule has 22 heavy (non-hydrogen) atoms. The zero-order valence-electron chi connectivity index (χ0n) is 13.1. The van der Waals surface area contributed by atoms with Gasteiger partial charge in [-0.3, -0.25) is 9.59 Å². The number of anilines is 1. The number of nitrogens with zero attached hydrogens (tertiary/aromatic N) is 1. The molecule has 2 rings (SSSR count). The number of hydrogen-bond donors (Lipinski definition) is 1. The van der Waals surface area contributed by atoms with Crippen LogP contribution in [0.2, 0.25) is 5.02 Å². The molecule has 1 aromatic rings. The first-order valence-electron chi connectivity index (χ1n) is 7.34. The fourth-order valence-electron chi connectivity index (χ4n) is 2.44. The molecule has 0 radical (unpaired) electrons. The van der Waals surface area contributed by atoms with Gasteiger partial charge in [0.2, 0.25) is 11.8 Å². The monoisotopic (exact) mass is 324 g/mol. The van der Waals surface area contributed by atoms with Gasteiger partial charge in [0.25, 0.3) is 0 Å². The van der Waals surface area contributed by atoms with Crippen molar-refractivity contribution in [2.45, 2.75) is 20.3 Å². The number of amides is 2. The zero-order chi connectivity index (χ0) is 16.3. The van der Waals surface area contributed by atoms with Crippen molar-refractivity contribution in [3.8, 4) is 5.75 Å². The summed E-state index contributed by atoms with van der Waals surface area (Å²) >= 11 is 6.01. The van der Waals surface area contributed by atoms with Crippen LogP contribution in [0.25, 0.3) is 0 Å². The lowest BCUT2D eigenvalue weighted by Gasteiger charge is -2.20. The van der Waals surface area contributed by atoms with Crippen LogP contribution in [0.1, 0.15) is 20.3 Å². The number of ether oxygens (including phenoxy) is 1. The molecule has 2 amide bonds. The molecule has 1 saturated heterocycles. The van der Waals surface area contributed by atoms with E-state index < -0.39 is 0 Å². The number of hydrogen-bond acceptors (Lipinski definition) is 3. The maximum atomic E-state index is 12.3. The van der Waals surface area contributed by atoms with Crippen LogP contribution in [0.5, 0.6) is 5.75 Å². The Hall–Kier alpha value is -1.75. The van der Waals surface area contributed by atoms with E-state index in [9.17, 15) is 9.59 Å². The van der Waals surface area contributed by atoms with Crippen molar-refractivity contribution in [1.82, 2.24) is 5.32 Å². The molecule has 1 aliphatic rings. The lowest BCUT2D eigenvalue weighted by molar-refractivity contribution is -0.126. The van der Waals surface area contributed by atoms with E-state index in [0.29, 0.717) is 35.5 Å². The Morgan fingerprint density at radius 1 is 1.50 bits per heavy atom. The van der Waals surface area contributed by atoms with E-state index in [0.717, 1.165) is 0 Å². The molecule has 5 nitrogen and oxygen atoms in total. The van der Waals surface area contributed by atoms with Crippen molar-refractivity contribution < 1.29 is 14.3 Å². The summed E-state index contributed by atoms with van der Waals surface area (Å²) in [4.78, 5) is 26.0. The van der Waals surface area contributed by atoms with Gasteiger partial charge in [0.1, 0.15) is 5.75 Å². The zero-order valence-corrected chi connectivity index (χ0v) is 13.8. The minimum Gasteiger partial charge on any atom is -0.495 e. The van der Waals surface area contributed by atoms with Crippen LogP contribution in [0.4, 0.5) is 5.69 Å². The Bertz CT molecular complexity index is 575. The van der Waals surface area contributed by atoms with E-state index in [1.54, 1.807) is 30.2 Å². The number of benzene rings is 1. The molecule has 1 fully saturated rings. The summed E-state index contributed by atoms with van der Waals surface area (Å²) in [6.07, 6.45) is 0.208. The van der Waals surface area contributed by atoms with Crippen molar-refractivity contribution >= 4 is 29.1 Å². The first-order valence-corrected chi connectivity index (χ1v) is 7.71. The second-order valence-electron chi connectivity index (χ2n) is 5.86. The van der Waals surface area contributed by atoms with Gasteiger partial charge in [-0.15, -0.1) is 0 Å². The summed E-state index contributed by atoms with van der Waals surface area (Å²) in [5.41, 5.74) is 0.610. The van der Waals surface area contributed by atoms with Gasteiger partial charge in [-0.1, -0.05) is 25.4 Å². The average Bonchev–Trinajstić information content (AvgIpc) is 2.86. The minimum atomic E-state index is -0.338. The molecule has 0 bridgehead atoms. The fraction of sp³-hybridized carbons (Fsp3) is 0.500. The van der Waals surface area contributed by atoms with Gasteiger partial charge >= 0.3 is 0 Å². The molecule has 1 atom stereocenters. The highest BCUT2D eigenvalue weighted by Gasteiger charge is 2.36. The van der Waals surface area contributed by atoms with Gasteiger partial charge in [0.05, 0.1) is 18.7 Å². The SMILES string of the molecule is COc1ccc(Cl)cc1N1CC(C(=O)NCC(C)C)CC1=O. The molecule has 1 aliphatic heterocycles. The molecule has 1 N–H and O–H groups in total. The highest BCUT2D eigenvalue weighted by molar-refractivity contribution is 6.31. The Morgan fingerprint density at radius 2 is 2.23 bits per heavy atom. The van der Waals surface area contributed by atoms with Gasteiger partial charge in [0.15, 0.2) is 0 Å². The Morgan fingerprint density at radius 3 is 2.86 bits per heavy atom. The van der Waals surface area contributed by atoms with Crippen LogP contribution in [-0.2, 0) is 9.59 Å². The van der Waals surface area contributed by atoms with Crippen LogP contribution < -0.4 is 15.0 Å². The Kier molecular flexibility index (Phi) is 5.29. The standard InChI is InChI=1S/C16H21ClN2O3/c1-10(2)8-18-16(21)11-6-15(20)19(9-11)13-7-12(17)4-5-14(13)22-3/h4-5,7,10-11H,6,8-9H2,1-3H3,(H,18,21). The molecule has 6 heteroatoms. The smallest absolute Gasteiger partial charge is 0.227 e. The van der Waals surface area contributed by atoms with Crippen molar-refractivity contribution in [1.29, 1.82) is 0 Å². The van der Waals surface area contributed by atoms with Gasteiger partial charge in [-0.25, -0.2) is 0 Å². The molecule has 0 aromatic heterocycles. The topological polar surface area (TPSA) is 58.6 Å². The number of nitrogens with one attached hydrogen (secondary N) is 1. The highest BCUT2D eigenvalue weighted by atomic mass is 35.5. The van der Waals surface area contributed by atoms with E-state index in [1.807, 2.05) is 13.8 Å². The second kappa shape index (κ2) is 7.01. The largest absolute Gasteiger partial charge is 0.495 e. The van der Waals surface area contributed by atoms with E-state index in [1.165, 1.54) is 0 Å². The number of halogens is 1. The highest BCUT2D eigenvalue weighted by Crippen LogP contribution is 2.35. The van der Waals surface area contributed by atoms with Crippen molar-refractivity contribution in [3.05, 3.63) is 23.2 Å². The predicted molar refractivity (Wildman–Crippen MR) is 86.3 cm³/mol. The second-order valence-corrected chi connectivity index (χ2v) is 6.30. The molecule has 0 spiro atoms. The molecular weight excluding hydrogens is 304 g/mol. The summed E-state index contributed by atoms with van der Waals surface area (Å²) in [7, 11) is 1.54. The predicted octanol–water partition coefficient (Wildman–Crippen LogP) is 2.47. The van der Waals surface area contributed by atoms with Gasteiger partial charge < -0.3 is 15.0 Å². The fourth-order valence-corrected chi connectivity index (χ4v) is 2.61. The van der Waals surface area contributed by atoms with E-state index in [4.69, 9.17) is 16.3 Å². The molecule has 1 heterocycles. The maximum Gasteiger partial charge on any atom is 0.227 e. The van der Waals surface area contributed by atoms with Crippen LogP contribution in [0, 0.1) is 11.8 Å². The van der Waals surface area contributed by atoms with Crippen LogP contribution in [0.15, 0.2) is 18.2 Å². The number of methoxy groups -OCH3 is 1. The van der Waals surface area contributed by atoms with Crippen molar-refractivity contribution in [3.63, 3.8) is 0 Å².